The molecule has 0 saturated carbocycles. The number of aromatic nitrogens is 2. The number of nitrogens with zero attached hydrogens (tertiary/aromatic N) is 4. The predicted octanol–water partition coefficient (Wildman–Crippen LogP) is 5.21. The van der Waals surface area contributed by atoms with E-state index < -0.39 is 0 Å². The van der Waals surface area contributed by atoms with E-state index in [4.69, 9.17) is 27.6 Å². The standard InChI is InChI=1S/C27H30ClN5O3/c1-29-19-4-6-21-22(14-19)26(30-15-17-3-7-25(35-2)23(28)13-17)31-32-27(21)33-11-9-18(10-12-33)24-8-5-20(16-34)36-24/h3-4,6-7,13-14,18,20,24,34H,5,8-12,15-16H2,2H3,(H,30,31)/t20-,24?/m1/s1. The Morgan fingerprint density at radius 1 is 1.14 bits per heavy atom. The van der Waals surface area contributed by atoms with Gasteiger partial charge in [-0.3, -0.25) is 0 Å². The van der Waals surface area contributed by atoms with E-state index in [1.807, 2.05) is 36.4 Å². The molecule has 2 atom stereocenters. The third kappa shape index (κ3) is 5.05. The first-order valence-electron chi connectivity index (χ1n) is 12.3. The number of piperidine rings is 1. The lowest BCUT2D eigenvalue weighted by atomic mass is 9.89. The van der Waals surface area contributed by atoms with Crippen molar-refractivity contribution in [3.05, 3.63) is 58.4 Å². The first kappa shape index (κ1) is 24.6. The summed E-state index contributed by atoms with van der Waals surface area (Å²) in [4.78, 5) is 5.90. The molecule has 1 aromatic heterocycles. The number of halogens is 1. The van der Waals surface area contributed by atoms with Crippen LogP contribution in [0.1, 0.15) is 31.2 Å². The molecule has 9 heteroatoms. The van der Waals surface area contributed by atoms with Gasteiger partial charge in [0.25, 0.3) is 0 Å². The molecule has 0 bridgehead atoms. The quantitative estimate of drug-likeness (QED) is 0.424. The lowest BCUT2D eigenvalue weighted by molar-refractivity contribution is -0.0191. The van der Waals surface area contributed by atoms with Crippen molar-refractivity contribution in [3.8, 4) is 5.75 Å². The second kappa shape index (κ2) is 10.9. The van der Waals surface area contributed by atoms with Crippen LogP contribution >= 0.6 is 11.6 Å². The average molecular weight is 508 g/mol. The number of hydrogen-bond acceptors (Lipinski definition) is 7. The molecule has 0 radical (unpaired) electrons. The predicted molar refractivity (Wildman–Crippen MR) is 141 cm³/mol. The second-order valence-electron chi connectivity index (χ2n) is 9.42. The lowest BCUT2D eigenvalue weighted by Gasteiger charge is -2.35. The molecule has 2 N–H and O–H groups in total. The zero-order valence-corrected chi connectivity index (χ0v) is 21.0. The molecule has 188 valence electrons. The number of aliphatic hydroxyl groups excluding tert-OH is 1. The highest BCUT2D eigenvalue weighted by molar-refractivity contribution is 6.32. The number of benzene rings is 2. The van der Waals surface area contributed by atoms with Gasteiger partial charge in [0.1, 0.15) is 5.75 Å². The molecular weight excluding hydrogens is 478 g/mol. The van der Waals surface area contributed by atoms with Gasteiger partial charge in [-0.25, -0.2) is 4.85 Å². The fourth-order valence-corrected chi connectivity index (χ4v) is 5.55. The van der Waals surface area contributed by atoms with Crippen LogP contribution in [0.4, 0.5) is 17.3 Å². The lowest BCUT2D eigenvalue weighted by Crippen LogP contribution is -2.38. The van der Waals surface area contributed by atoms with Gasteiger partial charge in [0.05, 0.1) is 37.5 Å². The molecule has 0 aliphatic carbocycles. The minimum absolute atomic E-state index is 0.00605. The van der Waals surface area contributed by atoms with Crippen LogP contribution < -0.4 is 15.0 Å². The number of fused-ring (bicyclic) bond motifs is 1. The number of rotatable bonds is 7. The van der Waals surface area contributed by atoms with E-state index in [1.165, 1.54) is 0 Å². The first-order valence-corrected chi connectivity index (χ1v) is 12.7. The number of hydrogen-bond donors (Lipinski definition) is 2. The molecular formula is C27H30ClN5O3. The summed E-state index contributed by atoms with van der Waals surface area (Å²) in [6.07, 6.45) is 4.24. The number of ether oxygens (including phenoxy) is 2. The van der Waals surface area contributed by atoms with Crippen LogP contribution in [0, 0.1) is 12.5 Å². The van der Waals surface area contributed by atoms with Crippen molar-refractivity contribution in [1.82, 2.24) is 10.2 Å². The Balaban J connectivity index is 1.34. The number of anilines is 2. The van der Waals surface area contributed by atoms with E-state index in [2.05, 4.69) is 25.3 Å². The summed E-state index contributed by atoms with van der Waals surface area (Å²) in [6, 6.07) is 11.3. The van der Waals surface area contributed by atoms with Gasteiger partial charge in [0.2, 0.25) is 0 Å². The summed E-state index contributed by atoms with van der Waals surface area (Å²) in [6.45, 7) is 9.84. The van der Waals surface area contributed by atoms with Gasteiger partial charge in [-0.1, -0.05) is 29.8 Å². The van der Waals surface area contributed by atoms with Crippen molar-refractivity contribution in [2.45, 2.75) is 44.4 Å². The van der Waals surface area contributed by atoms with Crippen molar-refractivity contribution in [1.29, 1.82) is 0 Å². The van der Waals surface area contributed by atoms with Crippen LogP contribution in [0.25, 0.3) is 15.6 Å². The minimum Gasteiger partial charge on any atom is -0.495 e. The Morgan fingerprint density at radius 2 is 1.97 bits per heavy atom. The first-order chi connectivity index (χ1) is 17.6. The summed E-state index contributed by atoms with van der Waals surface area (Å²) in [7, 11) is 1.59. The van der Waals surface area contributed by atoms with E-state index in [0.717, 1.165) is 60.9 Å². The zero-order chi connectivity index (χ0) is 25.1. The highest BCUT2D eigenvalue weighted by atomic mass is 35.5. The molecule has 3 heterocycles. The van der Waals surface area contributed by atoms with Gasteiger partial charge >= 0.3 is 0 Å². The maximum Gasteiger partial charge on any atom is 0.188 e. The van der Waals surface area contributed by atoms with Crippen LogP contribution in [0.2, 0.25) is 5.02 Å². The molecule has 0 spiro atoms. The van der Waals surface area contributed by atoms with E-state index in [-0.39, 0.29) is 18.8 Å². The SMILES string of the molecule is [C-]#[N+]c1ccc2c(N3CCC(C4CC[C@H](CO)O4)CC3)nnc(NCc3ccc(OC)c(Cl)c3)c2c1. The molecule has 0 amide bonds. The monoisotopic (exact) mass is 507 g/mol. The molecule has 2 aliphatic rings. The third-order valence-electron chi connectivity index (χ3n) is 7.26. The molecule has 5 rings (SSSR count). The molecule has 36 heavy (non-hydrogen) atoms. The van der Waals surface area contributed by atoms with E-state index in [1.54, 1.807) is 7.11 Å². The van der Waals surface area contributed by atoms with E-state index >= 15 is 0 Å². The van der Waals surface area contributed by atoms with Crippen LogP contribution in [-0.4, -0.2) is 54.3 Å². The maximum absolute atomic E-state index is 9.39. The summed E-state index contributed by atoms with van der Waals surface area (Å²) in [5, 5.41) is 24.3. The summed E-state index contributed by atoms with van der Waals surface area (Å²) in [5.41, 5.74) is 1.55. The van der Waals surface area contributed by atoms with Crippen molar-refractivity contribution in [2.24, 2.45) is 5.92 Å². The van der Waals surface area contributed by atoms with Crippen molar-refractivity contribution >= 4 is 39.7 Å². The van der Waals surface area contributed by atoms with Crippen LogP contribution in [0.5, 0.6) is 5.75 Å². The largest absolute Gasteiger partial charge is 0.495 e. The molecule has 8 nitrogen and oxygen atoms in total. The van der Waals surface area contributed by atoms with Crippen molar-refractivity contribution < 1.29 is 14.6 Å². The molecule has 2 saturated heterocycles. The van der Waals surface area contributed by atoms with E-state index in [0.29, 0.717) is 34.7 Å². The van der Waals surface area contributed by atoms with Gasteiger partial charge in [0.15, 0.2) is 17.3 Å². The smallest absolute Gasteiger partial charge is 0.188 e. The summed E-state index contributed by atoms with van der Waals surface area (Å²) < 4.78 is 11.3. The Kier molecular flexibility index (Phi) is 7.42. The van der Waals surface area contributed by atoms with E-state index in [9.17, 15) is 5.11 Å². The molecule has 2 fully saturated rings. The number of aliphatic hydroxyl groups is 1. The van der Waals surface area contributed by atoms with Gasteiger partial charge < -0.3 is 24.8 Å². The Hall–Kier alpha value is -3.12. The molecule has 1 unspecified atom stereocenters. The zero-order valence-electron chi connectivity index (χ0n) is 20.3. The number of methoxy groups -OCH3 is 1. The highest BCUT2D eigenvalue weighted by Gasteiger charge is 2.34. The molecule has 2 aromatic carbocycles. The van der Waals surface area contributed by atoms with Crippen LogP contribution in [0.15, 0.2) is 36.4 Å². The van der Waals surface area contributed by atoms with Gasteiger partial charge in [-0.15, -0.1) is 10.2 Å². The fourth-order valence-electron chi connectivity index (χ4n) is 5.27. The third-order valence-corrected chi connectivity index (χ3v) is 7.55. The van der Waals surface area contributed by atoms with Crippen LogP contribution in [-0.2, 0) is 11.3 Å². The Bertz CT molecular complexity index is 1270. The van der Waals surface area contributed by atoms with Gasteiger partial charge in [-0.05, 0) is 55.4 Å². The fraction of sp³-hybridized carbons (Fsp3) is 0.444. The van der Waals surface area contributed by atoms with Crippen LogP contribution in [0.3, 0.4) is 0 Å². The maximum atomic E-state index is 9.39. The molecule has 2 aliphatic heterocycles. The number of nitrogens with one attached hydrogen (secondary N) is 1. The summed E-state index contributed by atoms with van der Waals surface area (Å²) in [5.74, 6) is 2.62. The van der Waals surface area contributed by atoms with Crippen molar-refractivity contribution in [3.63, 3.8) is 0 Å². The minimum atomic E-state index is -0.00605. The Labute approximate surface area is 216 Å². The second-order valence-corrected chi connectivity index (χ2v) is 9.82. The Morgan fingerprint density at radius 3 is 2.67 bits per heavy atom. The topological polar surface area (TPSA) is 84.1 Å². The van der Waals surface area contributed by atoms with Gasteiger partial charge in [-0.2, -0.15) is 0 Å². The average Bonchev–Trinajstić information content (AvgIpc) is 3.41. The highest BCUT2D eigenvalue weighted by Crippen LogP contribution is 2.36. The normalized spacial score (nSPS) is 20.4. The molecule has 3 aromatic rings. The summed E-state index contributed by atoms with van der Waals surface area (Å²) >= 11 is 6.28. The van der Waals surface area contributed by atoms with Gasteiger partial charge in [0, 0.05) is 30.4 Å². The van der Waals surface area contributed by atoms with Crippen molar-refractivity contribution in [2.75, 3.05) is 37.0 Å².